The zero-order valence-electron chi connectivity index (χ0n) is 15.2. The summed E-state index contributed by atoms with van der Waals surface area (Å²) in [5, 5.41) is 0. The van der Waals surface area contributed by atoms with E-state index in [1.807, 2.05) is 30.1 Å². The van der Waals surface area contributed by atoms with Crippen LogP contribution in [0.15, 0.2) is 42.5 Å². The molecule has 25 heavy (non-hydrogen) atoms. The van der Waals surface area contributed by atoms with Gasteiger partial charge in [-0.1, -0.05) is 42.5 Å². The number of hydrogen-bond acceptors (Lipinski definition) is 3. The number of hydrogen-bond donors (Lipinski definition) is 0. The van der Waals surface area contributed by atoms with Gasteiger partial charge in [-0.25, -0.2) is 0 Å². The van der Waals surface area contributed by atoms with E-state index in [1.165, 1.54) is 0 Å². The fraction of sp³-hybridized carbons (Fsp3) is 0.524. The molecule has 2 aliphatic carbocycles. The van der Waals surface area contributed by atoms with Crippen molar-refractivity contribution in [2.24, 2.45) is 11.8 Å². The van der Waals surface area contributed by atoms with Crippen LogP contribution in [0.3, 0.4) is 0 Å². The summed E-state index contributed by atoms with van der Waals surface area (Å²) in [4.78, 5) is 30.0. The normalized spacial score (nSPS) is 34.1. The van der Waals surface area contributed by atoms with E-state index in [0.29, 0.717) is 24.5 Å². The first-order valence-electron chi connectivity index (χ1n) is 9.20. The summed E-state index contributed by atoms with van der Waals surface area (Å²) in [5.74, 6) is 1.05. The molecule has 1 aromatic rings. The second-order valence-electron chi connectivity index (χ2n) is 8.16. The van der Waals surface area contributed by atoms with Crippen molar-refractivity contribution in [3.8, 4) is 0 Å². The topological polar surface area (TPSA) is 40.6 Å². The quantitative estimate of drug-likeness (QED) is 0.796. The highest BCUT2D eigenvalue weighted by atomic mass is 16.2. The van der Waals surface area contributed by atoms with E-state index in [0.717, 1.165) is 12.0 Å². The number of carbonyl (C=O) groups excluding carboxylic acids is 2. The summed E-state index contributed by atoms with van der Waals surface area (Å²) in [6.45, 7) is 4.13. The van der Waals surface area contributed by atoms with Crippen LogP contribution in [-0.2, 0) is 16.0 Å². The maximum absolute atomic E-state index is 13.0. The molecule has 4 nitrogen and oxygen atoms in total. The second-order valence-corrected chi connectivity index (χ2v) is 8.16. The highest BCUT2D eigenvalue weighted by Crippen LogP contribution is 2.43. The Morgan fingerprint density at radius 3 is 2.56 bits per heavy atom. The highest BCUT2D eigenvalue weighted by Gasteiger charge is 2.56. The van der Waals surface area contributed by atoms with Crippen molar-refractivity contribution in [1.29, 1.82) is 0 Å². The van der Waals surface area contributed by atoms with Gasteiger partial charge in [-0.15, -0.1) is 0 Å². The van der Waals surface area contributed by atoms with Gasteiger partial charge in [0.25, 0.3) is 0 Å². The summed E-state index contributed by atoms with van der Waals surface area (Å²) in [5.41, 5.74) is 0.681. The first-order valence-corrected chi connectivity index (χ1v) is 9.20. The standard InChI is InChI=1S/C21H26N2O2/c1-21(2)22(3)20(25)17(12-14-7-5-4-6-8-14)23(21)19-16-10-9-15(11-16)13-18(19)24/h4-10,15-17,19H,11-13H2,1-3H3/t15-,16+,17-,19+/m0/s1. The summed E-state index contributed by atoms with van der Waals surface area (Å²) in [6, 6.07) is 9.65. The van der Waals surface area contributed by atoms with Crippen LogP contribution in [0.25, 0.3) is 0 Å². The first kappa shape index (κ1) is 16.5. The number of benzene rings is 1. The van der Waals surface area contributed by atoms with Crippen molar-refractivity contribution in [2.75, 3.05) is 7.05 Å². The van der Waals surface area contributed by atoms with Crippen molar-refractivity contribution in [3.05, 3.63) is 48.0 Å². The molecule has 3 aliphatic rings. The van der Waals surface area contributed by atoms with E-state index in [4.69, 9.17) is 0 Å². The van der Waals surface area contributed by atoms with Gasteiger partial charge < -0.3 is 4.90 Å². The Morgan fingerprint density at radius 1 is 1.12 bits per heavy atom. The lowest BCUT2D eigenvalue weighted by Gasteiger charge is -2.45. The number of fused-ring (bicyclic) bond motifs is 2. The van der Waals surface area contributed by atoms with Crippen molar-refractivity contribution in [1.82, 2.24) is 9.80 Å². The number of amides is 1. The molecule has 0 N–H and O–H groups in total. The molecule has 1 aromatic carbocycles. The molecule has 2 fully saturated rings. The molecule has 1 aliphatic heterocycles. The lowest BCUT2D eigenvalue weighted by Crippen LogP contribution is -2.59. The van der Waals surface area contributed by atoms with Gasteiger partial charge in [0.15, 0.2) is 5.78 Å². The van der Waals surface area contributed by atoms with Gasteiger partial charge in [0.2, 0.25) is 5.91 Å². The Kier molecular flexibility index (Phi) is 3.84. The third-order valence-electron chi connectivity index (χ3n) is 6.38. The van der Waals surface area contributed by atoms with E-state index >= 15 is 0 Å². The van der Waals surface area contributed by atoms with Crippen LogP contribution in [0.1, 0.15) is 32.3 Å². The molecule has 0 spiro atoms. The molecule has 0 aromatic heterocycles. The predicted octanol–water partition coefficient (Wildman–Crippen LogP) is 2.64. The molecule has 4 rings (SSSR count). The Balaban J connectivity index is 1.72. The fourth-order valence-corrected chi connectivity index (χ4v) is 4.90. The monoisotopic (exact) mass is 338 g/mol. The van der Waals surface area contributed by atoms with Gasteiger partial charge >= 0.3 is 0 Å². The Labute approximate surface area is 149 Å². The van der Waals surface area contributed by atoms with Crippen molar-refractivity contribution >= 4 is 11.7 Å². The van der Waals surface area contributed by atoms with Crippen molar-refractivity contribution in [3.63, 3.8) is 0 Å². The predicted molar refractivity (Wildman–Crippen MR) is 96.8 cm³/mol. The number of Topliss-reactive ketones (excluding diaryl/α,β-unsaturated/α-hetero) is 1. The molecular weight excluding hydrogens is 312 g/mol. The number of carbonyl (C=O) groups is 2. The molecule has 0 radical (unpaired) electrons. The third kappa shape index (κ3) is 2.54. The molecule has 132 valence electrons. The maximum atomic E-state index is 13.0. The lowest BCUT2D eigenvalue weighted by atomic mass is 9.80. The van der Waals surface area contributed by atoms with Gasteiger partial charge in [0.1, 0.15) is 0 Å². The van der Waals surface area contributed by atoms with Crippen LogP contribution >= 0.6 is 0 Å². The van der Waals surface area contributed by atoms with Crippen LogP contribution in [0.5, 0.6) is 0 Å². The largest absolute Gasteiger partial charge is 0.326 e. The third-order valence-corrected chi connectivity index (χ3v) is 6.38. The maximum Gasteiger partial charge on any atom is 0.241 e. The molecule has 1 saturated heterocycles. The first-order chi connectivity index (χ1) is 11.9. The Hall–Kier alpha value is -1.94. The van der Waals surface area contributed by atoms with E-state index in [1.54, 1.807) is 0 Å². The molecule has 2 bridgehead atoms. The average molecular weight is 338 g/mol. The van der Waals surface area contributed by atoms with Crippen LogP contribution in [-0.4, -0.2) is 46.3 Å². The van der Waals surface area contributed by atoms with Crippen molar-refractivity contribution in [2.45, 2.75) is 50.9 Å². The van der Waals surface area contributed by atoms with E-state index in [-0.39, 0.29) is 23.9 Å². The molecule has 0 unspecified atom stereocenters. The molecule has 1 saturated carbocycles. The summed E-state index contributed by atoms with van der Waals surface area (Å²) >= 11 is 0. The van der Waals surface area contributed by atoms with Crippen LogP contribution < -0.4 is 0 Å². The number of nitrogens with zero attached hydrogens (tertiary/aromatic N) is 2. The summed E-state index contributed by atoms with van der Waals surface area (Å²) in [7, 11) is 1.86. The summed E-state index contributed by atoms with van der Waals surface area (Å²) in [6.07, 6.45) is 6.71. The zero-order chi connectivity index (χ0) is 17.8. The number of rotatable bonds is 3. The van der Waals surface area contributed by atoms with E-state index in [2.05, 4.69) is 43.0 Å². The molecule has 1 heterocycles. The van der Waals surface area contributed by atoms with Crippen molar-refractivity contribution < 1.29 is 9.59 Å². The Bertz CT molecular complexity index is 725. The van der Waals surface area contributed by atoms with Gasteiger partial charge in [-0.2, -0.15) is 0 Å². The molecule has 4 heteroatoms. The van der Waals surface area contributed by atoms with E-state index < -0.39 is 5.66 Å². The average Bonchev–Trinajstić information content (AvgIpc) is 3.04. The van der Waals surface area contributed by atoms with Crippen LogP contribution in [0.2, 0.25) is 0 Å². The number of allylic oxidation sites excluding steroid dienone is 1. The van der Waals surface area contributed by atoms with Gasteiger partial charge in [-0.3, -0.25) is 14.5 Å². The highest BCUT2D eigenvalue weighted by molar-refractivity contribution is 5.90. The minimum Gasteiger partial charge on any atom is -0.326 e. The molecular formula is C21H26N2O2. The Morgan fingerprint density at radius 2 is 1.84 bits per heavy atom. The smallest absolute Gasteiger partial charge is 0.241 e. The number of ketones is 1. The molecule has 4 atom stereocenters. The minimum atomic E-state index is -0.458. The lowest BCUT2D eigenvalue weighted by molar-refractivity contribution is -0.133. The SMILES string of the molecule is CN1C(=O)[C@H](Cc2ccccc2)N([C@H]2C(=O)C[C@H]3C=C[C@@H]2C3)C1(C)C. The molecule has 1 amide bonds. The van der Waals surface area contributed by atoms with Crippen LogP contribution in [0, 0.1) is 11.8 Å². The van der Waals surface area contributed by atoms with Gasteiger partial charge in [-0.05, 0) is 38.2 Å². The summed E-state index contributed by atoms with van der Waals surface area (Å²) < 4.78 is 0. The minimum absolute atomic E-state index is 0.116. The second kappa shape index (κ2) is 5.80. The number of likely N-dealkylation sites (N-methyl/N-ethyl adjacent to an activating group) is 1. The zero-order valence-corrected chi connectivity index (χ0v) is 15.2. The van der Waals surface area contributed by atoms with E-state index in [9.17, 15) is 9.59 Å². The van der Waals surface area contributed by atoms with Gasteiger partial charge in [0.05, 0.1) is 17.7 Å². The van der Waals surface area contributed by atoms with Gasteiger partial charge in [0, 0.05) is 19.4 Å². The van der Waals surface area contributed by atoms with Crippen LogP contribution in [0.4, 0.5) is 0 Å². The fourth-order valence-electron chi connectivity index (χ4n) is 4.90.